The van der Waals surface area contributed by atoms with E-state index in [2.05, 4.69) is 30.5 Å². The first-order valence-corrected chi connectivity index (χ1v) is 12.1. The van der Waals surface area contributed by atoms with Gasteiger partial charge < -0.3 is 15.4 Å². The van der Waals surface area contributed by atoms with Gasteiger partial charge in [-0.15, -0.1) is 0 Å². The van der Waals surface area contributed by atoms with Crippen LogP contribution in [0.15, 0.2) is 73.2 Å². The molecule has 1 aromatic carbocycles. The number of aromatic nitrogens is 4. The molecule has 0 atom stereocenters. The Morgan fingerprint density at radius 1 is 1.08 bits per heavy atom. The highest BCUT2D eigenvalue weighted by Gasteiger charge is 2.11. The van der Waals surface area contributed by atoms with Gasteiger partial charge in [0.1, 0.15) is 17.2 Å². The number of likely N-dealkylation sites (tertiary alicyclic amines) is 1. The minimum absolute atomic E-state index is 0.173. The number of amides is 1. The van der Waals surface area contributed by atoms with Crippen LogP contribution < -0.4 is 15.4 Å². The first-order chi connectivity index (χ1) is 17.7. The third kappa shape index (κ3) is 5.52. The molecule has 9 nitrogen and oxygen atoms in total. The van der Waals surface area contributed by atoms with Crippen LogP contribution in [0, 0.1) is 0 Å². The van der Waals surface area contributed by atoms with Crippen LogP contribution in [0.1, 0.15) is 19.3 Å². The molecule has 0 saturated carbocycles. The van der Waals surface area contributed by atoms with Crippen molar-refractivity contribution in [3.05, 3.63) is 73.2 Å². The number of nitrogens with zero attached hydrogens (tertiary/aromatic N) is 5. The molecule has 1 amide bonds. The van der Waals surface area contributed by atoms with Gasteiger partial charge in [0.2, 0.25) is 11.9 Å². The van der Waals surface area contributed by atoms with Crippen LogP contribution in [0.3, 0.4) is 0 Å². The van der Waals surface area contributed by atoms with E-state index in [1.54, 1.807) is 43.8 Å². The first-order valence-electron chi connectivity index (χ1n) is 12.1. The molecule has 5 rings (SSSR count). The highest BCUT2D eigenvalue weighted by atomic mass is 16.5. The lowest BCUT2D eigenvalue weighted by Gasteiger charge is -2.24. The van der Waals surface area contributed by atoms with Gasteiger partial charge in [-0.3, -0.25) is 14.3 Å². The van der Waals surface area contributed by atoms with Crippen LogP contribution in [0.4, 0.5) is 17.3 Å². The summed E-state index contributed by atoms with van der Waals surface area (Å²) >= 11 is 0. The van der Waals surface area contributed by atoms with Crippen molar-refractivity contribution in [1.82, 2.24) is 24.4 Å². The van der Waals surface area contributed by atoms with Gasteiger partial charge in [0.25, 0.3) is 0 Å². The van der Waals surface area contributed by atoms with Crippen molar-refractivity contribution < 1.29 is 9.53 Å². The average molecular weight is 484 g/mol. The normalized spacial score (nSPS) is 14.2. The maximum Gasteiger partial charge on any atom is 0.248 e. The molecule has 184 valence electrons. The fourth-order valence-corrected chi connectivity index (χ4v) is 4.33. The predicted octanol–water partition coefficient (Wildman–Crippen LogP) is 4.55. The molecular formula is C27H29N7O2. The van der Waals surface area contributed by atoms with E-state index >= 15 is 0 Å². The Kier molecular flexibility index (Phi) is 7.18. The second-order valence-electron chi connectivity index (χ2n) is 8.63. The minimum Gasteiger partial charge on any atom is -0.495 e. The average Bonchev–Trinajstić information content (AvgIpc) is 3.34. The summed E-state index contributed by atoms with van der Waals surface area (Å²) in [6.07, 6.45) is 12.6. The van der Waals surface area contributed by atoms with Gasteiger partial charge in [0, 0.05) is 42.3 Å². The van der Waals surface area contributed by atoms with E-state index in [-0.39, 0.29) is 5.91 Å². The Morgan fingerprint density at radius 3 is 2.83 bits per heavy atom. The smallest absolute Gasteiger partial charge is 0.248 e. The third-order valence-electron chi connectivity index (χ3n) is 6.13. The van der Waals surface area contributed by atoms with Gasteiger partial charge in [-0.05, 0) is 68.4 Å². The second kappa shape index (κ2) is 11.0. The molecule has 4 aromatic rings. The molecule has 9 heteroatoms. The summed E-state index contributed by atoms with van der Waals surface area (Å²) in [5.74, 6) is 1.51. The van der Waals surface area contributed by atoms with Crippen molar-refractivity contribution in [2.75, 3.05) is 37.4 Å². The molecule has 0 radical (unpaired) electrons. The van der Waals surface area contributed by atoms with Gasteiger partial charge in [-0.2, -0.15) is 4.98 Å². The van der Waals surface area contributed by atoms with Crippen molar-refractivity contribution in [1.29, 1.82) is 0 Å². The molecule has 2 N–H and O–H groups in total. The van der Waals surface area contributed by atoms with Crippen LogP contribution in [0.5, 0.6) is 5.75 Å². The zero-order valence-corrected chi connectivity index (χ0v) is 20.2. The monoisotopic (exact) mass is 483 g/mol. The summed E-state index contributed by atoms with van der Waals surface area (Å²) in [5.41, 5.74) is 2.10. The number of piperidine rings is 1. The molecule has 1 fully saturated rings. The lowest BCUT2D eigenvalue weighted by Crippen LogP contribution is -2.29. The van der Waals surface area contributed by atoms with E-state index in [1.165, 1.54) is 19.3 Å². The standard InChI is InChI=1S/C27H29N7O2/c1-36-23-10-9-21(30-25(35)8-6-17-33-15-3-2-4-16-33)19-22(23)31-27-29-14-11-24(32-27)34-18-12-20-7-5-13-28-26(20)34/h5-14,18-19H,2-4,15-17H2,1H3,(H,30,35)(H,29,31,32)/b8-6+. The largest absolute Gasteiger partial charge is 0.495 e. The quantitative estimate of drug-likeness (QED) is 0.355. The maximum absolute atomic E-state index is 12.5. The van der Waals surface area contributed by atoms with E-state index in [4.69, 9.17) is 4.74 Å². The van der Waals surface area contributed by atoms with E-state index in [0.717, 1.165) is 30.7 Å². The Balaban J connectivity index is 1.29. The first kappa shape index (κ1) is 23.5. The summed E-state index contributed by atoms with van der Waals surface area (Å²) in [4.78, 5) is 28.3. The fraction of sp³-hybridized carbons (Fsp3) is 0.259. The number of rotatable bonds is 8. The Bertz CT molecular complexity index is 1380. The summed E-state index contributed by atoms with van der Waals surface area (Å²) < 4.78 is 7.41. The number of fused-ring (bicyclic) bond motifs is 1. The highest BCUT2D eigenvalue weighted by Crippen LogP contribution is 2.30. The lowest BCUT2D eigenvalue weighted by atomic mass is 10.1. The summed E-state index contributed by atoms with van der Waals surface area (Å²) in [7, 11) is 1.59. The molecule has 1 saturated heterocycles. The van der Waals surface area contributed by atoms with Crippen molar-refractivity contribution in [3.8, 4) is 11.6 Å². The number of ether oxygens (including phenoxy) is 1. The number of hydrogen-bond acceptors (Lipinski definition) is 7. The van der Waals surface area contributed by atoms with Gasteiger partial charge in [-0.1, -0.05) is 12.5 Å². The number of pyridine rings is 1. The summed E-state index contributed by atoms with van der Waals surface area (Å²) in [5, 5.41) is 7.16. The molecule has 1 aliphatic heterocycles. The Hall–Kier alpha value is -4.24. The molecule has 36 heavy (non-hydrogen) atoms. The van der Waals surface area contributed by atoms with E-state index in [9.17, 15) is 4.79 Å². The highest BCUT2D eigenvalue weighted by molar-refractivity contribution is 5.99. The number of anilines is 3. The van der Waals surface area contributed by atoms with Crippen LogP contribution in [-0.4, -0.2) is 57.1 Å². The van der Waals surface area contributed by atoms with Gasteiger partial charge in [0.15, 0.2) is 0 Å². The third-order valence-corrected chi connectivity index (χ3v) is 6.13. The number of hydrogen-bond donors (Lipinski definition) is 2. The van der Waals surface area contributed by atoms with Crippen LogP contribution >= 0.6 is 0 Å². The van der Waals surface area contributed by atoms with Crippen LogP contribution in [0.2, 0.25) is 0 Å². The number of carbonyl (C=O) groups is 1. The topological polar surface area (TPSA) is 97.2 Å². The number of methoxy groups -OCH3 is 1. The summed E-state index contributed by atoms with van der Waals surface area (Å²) in [6, 6.07) is 13.1. The molecule has 0 aliphatic carbocycles. The van der Waals surface area contributed by atoms with Crippen molar-refractivity contribution in [3.63, 3.8) is 0 Å². The SMILES string of the molecule is COc1ccc(NC(=O)/C=C/CN2CCCCC2)cc1Nc1nccc(-n2ccc3cccnc32)n1. The Labute approximate surface area is 209 Å². The van der Waals surface area contributed by atoms with Gasteiger partial charge in [-0.25, -0.2) is 9.97 Å². The number of carbonyl (C=O) groups excluding carboxylic acids is 1. The molecule has 0 bridgehead atoms. The molecule has 0 spiro atoms. The maximum atomic E-state index is 12.5. The second-order valence-corrected chi connectivity index (χ2v) is 8.63. The molecule has 3 aromatic heterocycles. The van der Waals surface area contributed by atoms with Crippen molar-refractivity contribution >= 4 is 34.3 Å². The predicted molar refractivity (Wildman–Crippen MR) is 141 cm³/mol. The van der Waals surface area contributed by atoms with E-state index in [1.807, 2.05) is 41.1 Å². The fourth-order valence-electron chi connectivity index (χ4n) is 4.33. The number of benzene rings is 1. The van der Waals surface area contributed by atoms with Crippen LogP contribution in [-0.2, 0) is 4.79 Å². The molecule has 0 unspecified atom stereocenters. The van der Waals surface area contributed by atoms with Crippen molar-refractivity contribution in [2.24, 2.45) is 0 Å². The molecular weight excluding hydrogens is 454 g/mol. The van der Waals surface area contributed by atoms with Gasteiger partial charge in [0.05, 0.1) is 12.8 Å². The van der Waals surface area contributed by atoms with E-state index < -0.39 is 0 Å². The zero-order chi connectivity index (χ0) is 24.7. The lowest BCUT2D eigenvalue weighted by molar-refractivity contribution is -0.111. The minimum atomic E-state index is -0.173. The van der Waals surface area contributed by atoms with Crippen LogP contribution in [0.25, 0.3) is 16.9 Å². The zero-order valence-electron chi connectivity index (χ0n) is 20.2. The Morgan fingerprint density at radius 2 is 1.97 bits per heavy atom. The van der Waals surface area contributed by atoms with Crippen molar-refractivity contribution in [2.45, 2.75) is 19.3 Å². The van der Waals surface area contributed by atoms with Gasteiger partial charge >= 0.3 is 0 Å². The molecule has 1 aliphatic rings. The number of nitrogens with one attached hydrogen (secondary N) is 2. The molecule has 4 heterocycles. The van der Waals surface area contributed by atoms with E-state index in [0.29, 0.717) is 28.9 Å². The summed E-state index contributed by atoms with van der Waals surface area (Å²) in [6.45, 7) is 2.99.